The van der Waals surface area contributed by atoms with Crippen molar-refractivity contribution in [3.63, 3.8) is 0 Å². The minimum Gasteiger partial charge on any atom is -0.495 e. The Kier molecular flexibility index (Phi) is 4.70. The van der Waals surface area contributed by atoms with Crippen LogP contribution in [0, 0.1) is 6.92 Å². The van der Waals surface area contributed by atoms with Gasteiger partial charge in [-0.15, -0.1) is 0 Å². The number of rotatable bonds is 4. The molecule has 0 aromatic heterocycles. The SMILES string of the molecule is COc1cc(OC)c(NC(=O)c2ccccc2C)cc1Cl. The first-order chi connectivity index (χ1) is 10.1. The summed E-state index contributed by atoms with van der Waals surface area (Å²) in [6, 6.07) is 10.6. The first-order valence-electron chi connectivity index (χ1n) is 6.35. The molecule has 0 aliphatic carbocycles. The van der Waals surface area contributed by atoms with Crippen molar-refractivity contribution in [2.75, 3.05) is 19.5 Å². The Morgan fingerprint density at radius 2 is 1.76 bits per heavy atom. The standard InChI is InChI=1S/C16H16ClNO3/c1-10-6-4-5-7-11(10)16(19)18-13-8-12(17)14(20-2)9-15(13)21-3/h4-9H,1-3H3,(H,18,19). The maximum absolute atomic E-state index is 12.3. The number of halogens is 1. The Hall–Kier alpha value is -2.20. The number of hydrogen-bond donors (Lipinski definition) is 1. The van der Waals surface area contributed by atoms with Crippen LogP contribution in [0.1, 0.15) is 15.9 Å². The molecule has 2 aromatic carbocycles. The molecule has 21 heavy (non-hydrogen) atoms. The summed E-state index contributed by atoms with van der Waals surface area (Å²) in [4.78, 5) is 12.3. The van der Waals surface area contributed by atoms with Gasteiger partial charge in [-0.2, -0.15) is 0 Å². The number of amides is 1. The zero-order chi connectivity index (χ0) is 15.4. The Labute approximate surface area is 128 Å². The van der Waals surface area contributed by atoms with Crippen molar-refractivity contribution < 1.29 is 14.3 Å². The molecule has 0 fully saturated rings. The second-order valence-corrected chi connectivity index (χ2v) is 4.86. The Balaban J connectivity index is 2.33. The Morgan fingerprint density at radius 1 is 1.10 bits per heavy atom. The van der Waals surface area contributed by atoms with E-state index in [-0.39, 0.29) is 5.91 Å². The summed E-state index contributed by atoms with van der Waals surface area (Å²) in [5.74, 6) is 0.758. The summed E-state index contributed by atoms with van der Waals surface area (Å²) in [6.07, 6.45) is 0. The van der Waals surface area contributed by atoms with E-state index in [9.17, 15) is 4.79 Å². The minimum atomic E-state index is -0.215. The molecule has 0 saturated heterocycles. The van der Waals surface area contributed by atoms with E-state index in [1.165, 1.54) is 14.2 Å². The summed E-state index contributed by atoms with van der Waals surface area (Å²) < 4.78 is 10.4. The highest BCUT2D eigenvalue weighted by atomic mass is 35.5. The summed E-state index contributed by atoms with van der Waals surface area (Å²) >= 11 is 6.09. The van der Waals surface area contributed by atoms with Crippen LogP contribution in [0.3, 0.4) is 0 Å². The Morgan fingerprint density at radius 3 is 2.38 bits per heavy atom. The molecule has 0 heterocycles. The number of anilines is 1. The van der Waals surface area contributed by atoms with E-state index in [2.05, 4.69) is 5.32 Å². The summed E-state index contributed by atoms with van der Waals surface area (Å²) in [5.41, 5.74) is 2.00. The quantitative estimate of drug-likeness (QED) is 0.931. The predicted octanol–water partition coefficient (Wildman–Crippen LogP) is 3.92. The normalized spacial score (nSPS) is 10.1. The molecule has 0 bridgehead atoms. The molecule has 0 aliphatic rings. The van der Waals surface area contributed by atoms with Crippen molar-refractivity contribution in [3.8, 4) is 11.5 Å². The zero-order valence-corrected chi connectivity index (χ0v) is 12.8. The minimum absolute atomic E-state index is 0.215. The van der Waals surface area contributed by atoms with Crippen LogP contribution >= 0.6 is 11.6 Å². The molecular formula is C16H16ClNO3. The fourth-order valence-corrected chi connectivity index (χ4v) is 2.22. The average Bonchev–Trinajstić information content (AvgIpc) is 2.48. The molecule has 1 N–H and O–H groups in total. The number of ether oxygens (including phenoxy) is 2. The Bertz CT molecular complexity index is 671. The van der Waals surface area contributed by atoms with Gasteiger partial charge >= 0.3 is 0 Å². The van der Waals surface area contributed by atoms with Gasteiger partial charge in [0.2, 0.25) is 0 Å². The van der Waals surface area contributed by atoms with Gasteiger partial charge in [-0.3, -0.25) is 4.79 Å². The third kappa shape index (κ3) is 3.28. The second-order valence-electron chi connectivity index (χ2n) is 4.46. The molecule has 110 valence electrons. The van der Waals surface area contributed by atoms with Gasteiger partial charge in [-0.05, 0) is 24.6 Å². The highest BCUT2D eigenvalue weighted by molar-refractivity contribution is 6.32. The zero-order valence-electron chi connectivity index (χ0n) is 12.1. The summed E-state index contributed by atoms with van der Waals surface area (Å²) in [5, 5.41) is 3.21. The molecule has 0 unspecified atom stereocenters. The first-order valence-corrected chi connectivity index (χ1v) is 6.73. The van der Waals surface area contributed by atoms with E-state index >= 15 is 0 Å². The van der Waals surface area contributed by atoms with Gasteiger partial charge in [0, 0.05) is 11.6 Å². The van der Waals surface area contributed by atoms with Crippen LogP contribution in [-0.4, -0.2) is 20.1 Å². The monoisotopic (exact) mass is 305 g/mol. The summed E-state index contributed by atoms with van der Waals surface area (Å²) in [7, 11) is 3.04. The van der Waals surface area contributed by atoms with Crippen molar-refractivity contribution in [2.45, 2.75) is 6.92 Å². The van der Waals surface area contributed by atoms with Gasteiger partial charge in [0.05, 0.1) is 24.9 Å². The van der Waals surface area contributed by atoms with Crippen molar-refractivity contribution in [1.29, 1.82) is 0 Å². The number of carbonyl (C=O) groups is 1. The van der Waals surface area contributed by atoms with Gasteiger partial charge in [0.15, 0.2) is 0 Å². The molecule has 1 amide bonds. The first kappa shape index (κ1) is 15.2. The third-order valence-electron chi connectivity index (χ3n) is 3.11. The number of nitrogens with one attached hydrogen (secondary N) is 1. The summed E-state index contributed by atoms with van der Waals surface area (Å²) in [6.45, 7) is 1.88. The molecule has 5 heteroatoms. The van der Waals surface area contributed by atoms with Crippen molar-refractivity contribution in [3.05, 3.63) is 52.5 Å². The maximum Gasteiger partial charge on any atom is 0.256 e. The van der Waals surface area contributed by atoms with Crippen LogP contribution < -0.4 is 14.8 Å². The number of hydrogen-bond acceptors (Lipinski definition) is 3. The van der Waals surface area contributed by atoms with E-state index in [0.29, 0.717) is 27.8 Å². The topological polar surface area (TPSA) is 47.6 Å². The fourth-order valence-electron chi connectivity index (χ4n) is 1.98. The van der Waals surface area contributed by atoms with Crippen molar-refractivity contribution >= 4 is 23.2 Å². The van der Waals surface area contributed by atoms with E-state index in [1.54, 1.807) is 18.2 Å². The van der Waals surface area contributed by atoms with E-state index in [0.717, 1.165) is 5.56 Å². The second kappa shape index (κ2) is 6.50. The smallest absolute Gasteiger partial charge is 0.256 e. The van der Waals surface area contributed by atoms with Crippen LogP contribution in [0.5, 0.6) is 11.5 Å². The molecular weight excluding hydrogens is 290 g/mol. The number of carbonyl (C=O) groups excluding carboxylic acids is 1. The number of benzene rings is 2. The largest absolute Gasteiger partial charge is 0.495 e. The van der Waals surface area contributed by atoms with Crippen LogP contribution in [0.25, 0.3) is 0 Å². The maximum atomic E-state index is 12.3. The molecule has 2 aromatic rings. The predicted molar refractivity (Wildman–Crippen MR) is 83.7 cm³/mol. The molecule has 0 radical (unpaired) electrons. The van der Waals surface area contributed by atoms with Gasteiger partial charge in [0.1, 0.15) is 11.5 Å². The number of methoxy groups -OCH3 is 2. The average molecular weight is 306 g/mol. The fraction of sp³-hybridized carbons (Fsp3) is 0.188. The van der Waals surface area contributed by atoms with Crippen LogP contribution in [0.4, 0.5) is 5.69 Å². The highest BCUT2D eigenvalue weighted by Gasteiger charge is 2.14. The van der Waals surface area contributed by atoms with Crippen LogP contribution in [0.2, 0.25) is 5.02 Å². The van der Waals surface area contributed by atoms with E-state index in [1.807, 2.05) is 25.1 Å². The molecule has 0 saturated carbocycles. The lowest BCUT2D eigenvalue weighted by atomic mass is 10.1. The van der Waals surface area contributed by atoms with E-state index < -0.39 is 0 Å². The number of aryl methyl sites for hydroxylation is 1. The molecule has 0 aliphatic heterocycles. The molecule has 2 rings (SSSR count). The van der Waals surface area contributed by atoms with Crippen LogP contribution in [0.15, 0.2) is 36.4 Å². The molecule has 4 nitrogen and oxygen atoms in total. The molecule has 0 spiro atoms. The van der Waals surface area contributed by atoms with Crippen LogP contribution in [-0.2, 0) is 0 Å². The lowest BCUT2D eigenvalue weighted by molar-refractivity contribution is 0.102. The molecule has 0 atom stereocenters. The lowest BCUT2D eigenvalue weighted by Gasteiger charge is -2.13. The van der Waals surface area contributed by atoms with Crippen molar-refractivity contribution in [2.24, 2.45) is 0 Å². The highest BCUT2D eigenvalue weighted by Crippen LogP contribution is 2.36. The lowest BCUT2D eigenvalue weighted by Crippen LogP contribution is -2.14. The van der Waals surface area contributed by atoms with Gasteiger partial charge < -0.3 is 14.8 Å². The van der Waals surface area contributed by atoms with Gasteiger partial charge in [0.25, 0.3) is 5.91 Å². The van der Waals surface area contributed by atoms with Crippen molar-refractivity contribution in [1.82, 2.24) is 0 Å². The van der Waals surface area contributed by atoms with E-state index in [4.69, 9.17) is 21.1 Å². The van der Waals surface area contributed by atoms with Gasteiger partial charge in [-0.1, -0.05) is 29.8 Å². The third-order valence-corrected chi connectivity index (χ3v) is 3.41. The van der Waals surface area contributed by atoms with Gasteiger partial charge in [-0.25, -0.2) is 0 Å².